The maximum Gasteiger partial charge on any atom is 0.319 e. The molecular formula is C19H25Cl2N5O2. The van der Waals surface area contributed by atoms with E-state index in [4.69, 9.17) is 0 Å². The van der Waals surface area contributed by atoms with Gasteiger partial charge in [0.2, 0.25) is 5.91 Å². The Kier molecular flexibility index (Phi) is 10.3. The molecule has 3 amide bonds. The first-order chi connectivity index (χ1) is 12.7. The van der Waals surface area contributed by atoms with E-state index in [-0.39, 0.29) is 42.7 Å². The summed E-state index contributed by atoms with van der Waals surface area (Å²) in [5.74, 6) is 0.124. The summed E-state index contributed by atoms with van der Waals surface area (Å²) >= 11 is 0. The number of nitrogens with zero attached hydrogens (tertiary/aromatic N) is 1. The zero-order valence-corrected chi connectivity index (χ0v) is 16.9. The van der Waals surface area contributed by atoms with Crippen LogP contribution in [0.2, 0.25) is 0 Å². The number of carbonyl (C=O) groups is 2. The summed E-state index contributed by atoms with van der Waals surface area (Å²) in [5, 5.41) is 11.7. The predicted molar refractivity (Wildman–Crippen MR) is 114 cm³/mol. The minimum Gasteiger partial charge on any atom is -0.352 e. The first-order valence-electron chi connectivity index (χ1n) is 8.72. The van der Waals surface area contributed by atoms with Gasteiger partial charge in [-0.3, -0.25) is 9.78 Å². The number of nitrogens with one attached hydrogen (secondary N) is 4. The van der Waals surface area contributed by atoms with Gasteiger partial charge in [0, 0.05) is 37.7 Å². The highest BCUT2D eigenvalue weighted by molar-refractivity contribution is 5.89. The third-order valence-corrected chi connectivity index (χ3v) is 4.29. The Hall–Kier alpha value is -2.35. The summed E-state index contributed by atoms with van der Waals surface area (Å²) in [6, 6.07) is 10.9. The van der Waals surface area contributed by atoms with Crippen LogP contribution in [0.5, 0.6) is 0 Å². The number of amides is 3. The fourth-order valence-electron chi connectivity index (χ4n) is 2.83. The van der Waals surface area contributed by atoms with Crippen LogP contribution in [0.15, 0.2) is 48.8 Å². The van der Waals surface area contributed by atoms with Crippen LogP contribution in [0, 0.1) is 5.92 Å². The fraction of sp³-hybridized carbons (Fsp3) is 0.316. The van der Waals surface area contributed by atoms with Crippen LogP contribution in [-0.4, -0.2) is 30.0 Å². The SMILES string of the molecule is Cl.Cl.O=C(NCc1ccncc1)Nc1cccc(CNC(=O)C2CCNC2)c1. The van der Waals surface area contributed by atoms with Gasteiger partial charge in [-0.2, -0.15) is 0 Å². The van der Waals surface area contributed by atoms with Gasteiger partial charge in [0.1, 0.15) is 0 Å². The van der Waals surface area contributed by atoms with E-state index in [0.29, 0.717) is 18.8 Å². The van der Waals surface area contributed by atoms with E-state index >= 15 is 0 Å². The molecule has 2 aromatic rings. The largest absolute Gasteiger partial charge is 0.352 e. The van der Waals surface area contributed by atoms with Gasteiger partial charge in [-0.1, -0.05) is 12.1 Å². The molecule has 1 fully saturated rings. The molecule has 1 aliphatic heterocycles. The summed E-state index contributed by atoms with van der Waals surface area (Å²) in [4.78, 5) is 28.0. The number of halogens is 2. The summed E-state index contributed by atoms with van der Waals surface area (Å²) in [7, 11) is 0. The lowest BCUT2D eigenvalue weighted by atomic mass is 10.1. The van der Waals surface area contributed by atoms with Gasteiger partial charge in [0.25, 0.3) is 0 Å². The molecule has 0 spiro atoms. The summed E-state index contributed by atoms with van der Waals surface area (Å²) in [6.07, 6.45) is 4.26. The van der Waals surface area contributed by atoms with E-state index in [9.17, 15) is 9.59 Å². The average molecular weight is 426 g/mol. The van der Waals surface area contributed by atoms with E-state index in [1.165, 1.54) is 0 Å². The second kappa shape index (κ2) is 12.2. The van der Waals surface area contributed by atoms with Crippen LogP contribution in [-0.2, 0) is 17.9 Å². The van der Waals surface area contributed by atoms with E-state index in [1.807, 2.05) is 36.4 Å². The second-order valence-corrected chi connectivity index (χ2v) is 6.27. The molecule has 1 aliphatic rings. The van der Waals surface area contributed by atoms with Crippen molar-refractivity contribution in [3.05, 3.63) is 59.9 Å². The maximum atomic E-state index is 12.1. The number of hydrogen-bond acceptors (Lipinski definition) is 4. The van der Waals surface area contributed by atoms with E-state index < -0.39 is 0 Å². The first-order valence-corrected chi connectivity index (χ1v) is 8.72. The summed E-state index contributed by atoms with van der Waals surface area (Å²) < 4.78 is 0. The van der Waals surface area contributed by atoms with Crippen molar-refractivity contribution in [3.8, 4) is 0 Å². The number of urea groups is 1. The summed E-state index contributed by atoms with van der Waals surface area (Å²) in [5.41, 5.74) is 2.61. The highest BCUT2D eigenvalue weighted by Crippen LogP contribution is 2.12. The van der Waals surface area contributed by atoms with Gasteiger partial charge >= 0.3 is 6.03 Å². The molecule has 2 heterocycles. The zero-order chi connectivity index (χ0) is 18.2. The molecule has 1 atom stereocenters. The number of hydrogen-bond donors (Lipinski definition) is 4. The molecule has 9 heteroatoms. The van der Waals surface area contributed by atoms with Gasteiger partial charge < -0.3 is 21.3 Å². The third kappa shape index (κ3) is 7.34. The van der Waals surface area contributed by atoms with Crippen molar-refractivity contribution >= 4 is 42.4 Å². The Morgan fingerprint density at radius 3 is 2.50 bits per heavy atom. The van der Waals surface area contributed by atoms with E-state index in [2.05, 4.69) is 26.3 Å². The molecule has 0 bridgehead atoms. The minimum absolute atomic E-state index is 0. The van der Waals surface area contributed by atoms with Crippen molar-refractivity contribution in [3.63, 3.8) is 0 Å². The molecule has 152 valence electrons. The van der Waals surface area contributed by atoms with Gasteiger partial charge in [-0.25, -0.2) is 4.79 Å². The first kappa shape index (κ1) is 23.7. The van der Waals surface area contributed by atoms with Gasteiger partial charge in [-0.05, 0) is 48.4 Å². The molecule has 0 aliphatic carbocycles. The molecule has 1 saturated heterocycles. The van der Waals surface area contributed by atoms with Crippen LogP contribution >= 0.6 is 24.8 Å². The van der Waals surface area contributed by atoms with Crippen LogP contribution in [0.1, 0.15) is 17.5 Å². The monoisotopic (exact) mass is 425 g/mol. The molecule has 7 nitrogen and oxygen atoms in total. The lowest BCUT2D eigenvalue weighted by molar-refractivity contribution is -0.124. The lowest BCUT2D eigenvalue weighted by Crippen LogP contribution is -2.31. The summed E-state index contributed by atoms with van der Waals surface area (Å²) in [6.45, 7) is 2.51. The fourth-order valence-corrected chi connectivity index (χ4v) is 2.83. The normalized spacial score (nSPS) is 14.9. The van der Waals surface area contributed by atoms with Crippen LogP contribution in [0.25, 0.3) is 0 Å². The minimum atomic E-state index is -0.278. The standard InChI is InChI=1S/C19H23N5O2.2ClH/c25-18(16-6-9-21-13-16)22-12-15-2-1-3-17(10-15)24-19(26)23-11-14-4-7-20-8-5-14;;/h1-5,7-8,10,16,21H,6,9,11-13H2,(H,22,25)(H2,23,24,26);2*1H. The Balaban J connectivity index is 0.00000196. The number of anilines is 1. The highest BCUT2D eigenvalue weighted by atomic mass is 35.5. The number of benzene rings is 1. The maximum absolute atomic E-state index is 12.1. The smallest absolute Gasteiger partial charge is 0.319 e. The van der Waals surface area contributed by atoms with Gasteiger partial charge in [0.05, 0.1) is 5.92 Å². The van der Waals surface area contributed by atoms with Gasteiger partial charge in [0.15, 0.2) is 0 Å². The molecule has 3 rings (SSSR count). The van der Waals surface area contributed by atoms with E-state index in [1.54, 1.807) is 12.4 Å². The van der Waals surface area contributed by atoms with Gasteiger partial charge in [-0.15, -0.1) is 24.8 Å². The van der Waals surface area contributed by atoms with E-state index in [0.717, 1.165) is 30.6 Å². The number of aromatic nitrogens is 1. The molecular weight excluding hydrogens is 401 g/mol. The van der Waals surface area contributed by atoms with Crippen molar-refractivity contribution in [1.29, 1.82) is 0 Å². The Morgan fingerprint density at radius 2 is 1.79 bits per heavy atom. The van der Waals surface area contributed by atoms with Crippen molar-refractivity contribution < 1.29 is 9.59 Å². The molecule has 0 radical (unpaired) electrons. The van der Waals surface area contributed by atoms with Crippen molar-refractivity contribution in [1.82, 2.24) is 20.9 Å². The molecule has 1 aromatic heterocycles. The average Bonchev–Trinajstić information content (AvgIpc) is 3.20. The second-order valence-electron chi connectivity index (χ2n) is 6.27. The third-order valence-electron chi connectivity index (χ3n) is 4.29. The van der Waals surface area contributed by atoms with Crippen LogP contribution in [0.3, 0.4) is 0 Å². The molecule has 1 unspecified atom stereocenters. The van der Waals surface area contributed by atoms with Crippen LogP contribution in [0.4, 0.5) is 10.5 Å². The Morgan fingerprint density at radius 1 is 1.04 bits per heavy atom. The Labute approximate surface area is 176 Å². The Bertz CT molecular complexity index is 755. The zero-order valence-electron chi connectivity index (χ0n) is 15.3. The van der Waals surface area contributed by atoms with Crippen molar-refractivity contribution in [2.75, 3.05) is 18.4 Å². The molecule has 28 heavy (non-hydrogen) atoms. The molecule has 0 saturated carbocycles. The number of rotatable bonds is 6. The topological polar surface area (TPSA) is 95.2 Å². The van der Waals surface area contributed by atoms with Crippen LogP contribution < -0.4 is 21.3 Å². The van der Waals surface area contributed by atoms with Crippen molar-refractivity contribution in [2.45, 2.75) is 19.5 Å². The highest BCUT2D eigenvalue weighted by Gasteiger charge is 2.21. The molecule has 1 aromatic carbocycles. The predicted octanol–water partition coefficient (Wildman–Crippen LogP) is 2.47. The lowest BCUT2D eigenvalue weighted by Gasteiger charge is -2.11. The number of pyridine rings is 1. The molecule has 4 N–H and O–H groups in total. The van der Waals surface area contributed by atoms with Crippen molar-refractivity contribution in [2.24, 2.45) is 5.92 Å². The number of carbonyl (C=O) groups excluding carboxylic acids is 2. The quantitative estimate of drug-likeness (QED) is 0.571.